The first-order chi connectivity index (χ1) is 6.49. The molecule has 0 aromatic rings. The SMILES string of the molecule is CC1(C)NC(=O)N(CCCCS)C1=O. The van der Waals surface area contributed by atoms with Gasteiger partial charge in [0, 0.05) is 6.54 Å². The van der Waals surface area contributed by atoms with Crippen LogP contribution < -0.4 is 5.32 Å². The zero-order chi connectivity index (χ0) is 10.8. The molecule has 14 heavy (non-hydrogen) atoms. The average molecular weight is 216 g/mol. The van der Waals surface area contributed by atoms with Gasteiger partial charge in [0.15, 0.2) is 0 Å². The first-order valence-electron chi connectivity index (χ1n) is 4.74. The zero-order valence-electron chi connectivity index (χ0n) is 8.54. The Morgan fingerprint density at radius 2 is 2.00 bits per heavy atom. The number of carbonyl (C=O) groups excluding carboxylic acids is 2. The molecule has 0 aliphatic carbocycles. The minimum atomic E-state index is -0.738. The summed E-state index contributed by atoms with van der Waals surface area (Å²) >= 11 is 4.07. The maximum atomic E-state index is 11.7. The van der Waals surface area contributed by atoms with Crippen LogP contribution in [-0.2, 0) is 4.79 Å². The second-order valence-corrected chi connectivity index (χ2v) is 4.39. The van der Waals surface area contributed by atoms with Crippen molar-refractivity contribution in [3.63, 3.8) is 0 Å². The lowest BCUT2D eigenvalue weighted by Gasteiger charge is -2.15. The van der Waals surface area contributed by atoms with Gasteiger partial charge in [0.25, 0.3) is 5.91 Å². The number of urea groups is 1. The van der Waals surface area contributed by atoms with E-state index < -0.39 is 5.54 Å². The van der Waals surface area contributed by atoms with Gasteiger partial charge in [0.2, 0.25) is 0 Å². The smallest absolute Gasteiger partial charge is 0.324 e. The molecule has 1 saturated heterocycles. The number of nitrogens with zero attached hydrogens (tertiary/aromatic N) is 1. The Labute approximate surface area is 89.4 Å². The van der Waals surface area contributed by atoms with Gasteiger partial charge in [0.1, 0.15) is 5.54 Å². The van der Waals surface area contributed by atoms with Crippen LogP contribution in [0.4, 0.5) is 4.79 Å². The van der Waals surface area contributed by atoms with E-state index in [2.05, 4.69) is 17.9 Å². The van der Waals surface area contributed by atoms with E-state index in [-0.39, 0.29) is 11.9 Å². The fourth-order valence-corrected chi connectivity index (χ4v) is 1.63. The highest BCUT2D eigenvalue weighted by molar-refractivity contribution is 7.80. The first-order valence-corrected chi connectivity index (χ1v) is 5.37. The summed E-state index contributed by atoms with van der Waals surface area (Å²) in [6.45, 7) is 3.92. The van der Waals surface area contributed by atoms with Crippen LogP contribution in [0.25, 0.3) is 0 Å². The van der Waals surface area contributed by atoms with Gasteiger partial charge in [0.05, 0.1) is 0 Å². The molecule has 0 aromatic heterocycles. The van der Waals surface area contributed by atoms with Crippen molar-refractivity contribution in [1.29, 1.82) is 0 Å². The van der Waals surface area contributed by atoms with Crippen molar-refractivity contribution < 1.29 is 9.59 Å². The number of nitrogens with one attached hydrogen (secondary N) is 1. The normalized spacial score (nSPS) is 20.1. The van der Waals surface area contributed by atoms with Gasteiger partial charge in [-0.1, -0.05) is 0 Å². The number of unbranched alkanes of at least 4 members (excludes halogenated alkanes) is 1. The fourth-order valence-electron chi connectivity index (χ4n) is 1.40. The van der Waals surface area contributed by atoms with Gasteiger partial charge in [-0.15, -0.1) is 0 Å². The van der Waals surface area contributed by atoms with Gasteiger partial charge in [-0.05, 0) is 32.4 Å². The van der Waals surface area contributed by atoms with E-state index >= 15 is 0 Å². The summed E-state index contributed by atoms with van der Waals surface area (Å²) in [5, 5.41) is 2.64. The molecule has 3 amide bonds. The molecule has 1 heterocycles. The summed E-state index contributed by atoms with van der Waals surface area (Å²) in [6.07, 6.45) is 1.74. The van der Waals surface area contributed by atoms with Gasteiger partial charge >= 0.3 is 6.03 Å². The van der Waals surface area contributed by atoms with E-state index in [1.807, 2.05) is 0 Å². The Kier molecular flexibility index (Phi) is 3.42. The summed E-state index contributed by atoms with van der Waals surface area (Å²) in [5.41, 5.74) is -0.738. The van der Waals surface area contributed by atoms with Gasteiger partial charge < -0.3 is 5.32 Å². The van der Waals surface area contributed by atoms with Crippen LogP contribution >= 0.6 is 12.6 Å². The third-order valence-electron chi connectivity index (χ3n) is 2.23. The van der Waals surface area contributed by atoms with E-state index in [1.165, 1.54) is 4.90 Å². The molecular weight excluding hydrogens is 200 g/mol. The fraction of sp³-hybridized carbons (Fsp3) is 0.778. The molecule has 1 aliphatic heterocycles. The number of thiol groups is 1. The second kappa shape index (κ2) is 4.21. The molecule has 0 unspecified atom stereocenters. The molecule has 1 aliphatic rings. The molecule has 80 valence electrons. The van der Waals surface area contributed by atoms with E-state index in [4.69, 9.17) is 0 Å². The van der Waals surface area contributed by atoms with Gasteiger partial charge in [-0.3, -0.25) is 9.69 Å². The predicted octanol–water partition coefficient (Wildman–Crippen LogP) is 1.03. The Hall–Kier alpha value is -0.710. The summed E-state index contributed by atoms with van der Waals surface area (Å²) < 4.78 is 0. The molecule has 0 atom stereocenters. The predicted molar refractivity (Wildman–Crippen MR) is 57.4 cm³/mol. The van der Waals surface area contributed by atoms with Crippen molar-refractivity contribution in [3.8, 4) is 0 Å². The molecule has 0 spiro atoms. The summed E-state index contributed by atoms with van der Waals surface area (Å²) in [5.74, 6) is 0.647. The molecular formula is C9H16N2O2S. The second-order valence-electron chi connectivity index (χ2n) is 3.94. The Morgan fingerprint density at radius 1 is 1.36 bits per heavy atom. The lowest BCUT2D eigenvalue weighted by Crippen LogP contribution is -2.40. The van der Waals surface area contributed by atoms with Crippen LogP contribution in [0.5, 0.6) is 0 Å². The number of imide groups is 1. The van der Waals surface area contributed by atoms with Crippen molar-refractivity contribution in [1.82, 2.24) is 10.2 Å². The summed E-state index contributed by atoms with van der Waals surface area (Å²) in [7, 11) is 0. The van der Waals surface area contributed by atoms with Gasteiger partial charge in [-0.25, -0.2) is 4.79 Å². The summed E-state index contributed by atoms with van der Waals surface area (Å²) in [4.78, 5) is 24.3. The first kappa shape index (κ1) is 11.4. The minimum absolute atomic E-state index is 0.137. The van der Waals surface area contributed by atoms with E-state index in [9.17, 15) is 9.59 Å². The number of hydrogen-bond donors (Lipinski definition) is 2. The van der Waals surface area contributed by atoms with Crippen molar-refractivity contribution in [3.05, 3.63) is 0 Å². The topological polar surface area (TPSA) is 49.4 Å². The standard InChI is InChI=1S/C9H16N2O2S/c1-9(2)7(12)11(8(13)10-9)5-3-4-6-14/h14H,3-6H2,1-2H3,(H,10,13). The van der Waals surface area contributed by atoms with Crippen LogP contribution in [0.1, 0.15) is 26.7 Å². The highest BCUT2D eigenvalue weighted by Crippen LogP contribution is 2.16. The van der Waals surface area contributed by atoms with Crippen LogP contribution in [0.3, 0.4) is 0 Å². The monoisotopic (exact) mass is 216 g/mol. The number of hydrogen-bond acceptors (Lipinski definition) is 3. The Balaban J connectivity index is 2.53. The van der Waals surface area contributed by atoms with Gasteiger partial charge in [-0.2, -0.15) is 12.6 Å². The van der Waals surface area contributed by atoms with E-state index in [0.717, 1.165) is 18.6 Å². The average Bonchev–Trinajstić information content (AvgIpc) is 2.27. The Morgan fingerprint density at radius 3 is 2.43 bits per heavy atom. The molecule has 0 saturated carbocycles. The minimum Gasteiger partial charge on any atom is -0.324 e. The van der Waals surface area contributed by atoms with Crippen molar-refractivity contribution in [2.45, 2.75) is 32.2 Å². The Bertz CT molecular complexity index is 253. The van der Waals surface area contributed by atoms with Crippen LogP contribution in [-0.4, -0.2) is 34.7 Å². The molecule has 1 fully saturated rings. The molecule has 0 radical (unpaired) electrons. The van der Waals surface area contributed by atoms with Crippen molar-refractivity contribution in [2.75, 3.05) is 12.3 Å². The number of amides is 3. The lowest BCUT2D eigenvalue weighted by atomic mass is 10.1. The highest BCUT2D eigenvalue weighted by atomic mass is 32.1. The van der Waals surface area contributed by atoms with E-state index in [1.54, 1.807) is 13.8 Å². The molecule has 4 nitrogen and oxygen atoms in total. The highest BCUT2D eigenvalue weighted by Gasteiger charge is 2.43. The lowest BCUT2D eigenvalue weighted by molar-refractivity contribution is -0.130. The summed E-state index contributed by atoms with van der Waals surface area (Å²) in [6, 6.07) is -0.279. The number of carbonyl (C=O) groups is 2. The third kappa shape index (κ3) is 2.20. The molecule has 5 heteroatoms. The maximum Gasteiger partial charge on any atom is 0.325 e. The molecule has 1 rings (SSSR count). The molecule has 0 aromatic carbocycles. The quantitative estimate of drug-likeness (QED) is 0.419. The van der Waals surface area contributed by atoms with Crippen LogP contribution in [0.2, 0.25) is 0 Å². The largest absolute Gasteiger partial charge is 0.325 e. The third-order valence-corrected chi connectivity index (χ3v) is 2.55. The maximum absolute atomic E-state index is 11.7. The van der Waals surface area contributed by atoms with Crippen LogP contribution in [0.15, 0.2) is 0 Å². The van der Waals surface area contributed by atoms with Crippen molar-refractivity contribution >= 4 is 24.6 Å². The molecule has 1 N–H and O–H groups in total. The molecule has 0 bridgehead atoms. The van der Waals surface area contributed by atoms with Crippen molar-refractivity contribution in [2.24, 2.45) is 0 Å². The van der Waals surface area contributed by atoms with Crippen LogP contribution in [0, 0.1) is 0 Å². The zero-order valence-corrected chi connectivity index (χ0v) is 9.43. The van der Waals surface area contributed by atoms with E-state index in [0.29, 0.717) is 6.54 Å². The number of rotatable bonds is 4.